The Labute approximate surface area is 175 Å². The van der Waals surface area contributed by atoms with Crippen molar-refractivity contribution in [1.29, 1.82) is 0 Å². The standard InChI is InChI=1S/C19H24ClN5O3S/c1-13-3-2-8-24(11-13)29(27,28)17-9-14(4-7-16(17)20)19(26)21-10-18-23-22-12-25(18)15-5-6-15/h4,7,9,12-13,15H,2-3,5-6,8,10-11H2,1H3,(H,21,26). The summed E-state index contributed by atoms with van der Waals surface area (Å²) in [5.74, 6) is 0.605. The van der Waals surface area contributed by atoms with Gasteiger partial charge in [-0.25, -0.2) is 8.42 Å². The summed E-state index contributed by atoms with van der Waals surface area (Å²) < 4.78 is 29.6. The van der Waals surface area contributed by atoms with Gasteiger partial charge in [-0.3, -0.25) is 4.79 Å². The van der Waals surface area contributed by atoms with Crippen molar-refractivity contribution in [2.24, 2.45) is 5.92 Å². The van der Waals surface area contributed by atoms with Crippen molar-refractivity contribution in [3.05, 3.63) is 40.9 Å². The van der Waals surface area contributed by atoms with E-state index in [1.807, 2.05) is 11.5 Å². The van der Waals surface area contributed by atoms with Crippen LogP contribution in [0.1, 0.15) is 54.8 Å². The lowest BCUT2D eigenvalue weighted by Crippen LogP contribution is -2.39. The Balaban J connectivity index is 1.51. The average Bonchev–Trinajstić information content (AvgIpc) is 3.44. The smallest absolute Gasteiger partial charge is 0.251 e. The van der Waals surface area contributed by atoms with Gasteiger partial charge >= 0.3 is 0 Å². The number of carbonyl (C=O) groups excluding carboxylic acids is 1. The molecule has 1 aromatic heterocycles. The molecule has 156 valence electrons. The number of amides is 1. The van der Waals surface area contributed by atoms with Gasteiger partial charge in [-0.2, -0.15) is 4.31 Å². The quantitative estimate of drug-likeness (QED) is 0.749. The minimum Gasteiger partial charge on any atom is -0.345 e. The Morgan fingerprint density at radius 1 is 1.31 bits per heavy atom. The van der Waals surface area contributed by atoms with Crippen molar-refractivity contribution in [2.75, 3.05) is 13.1 Å². The van der Waals surface area contributed by atoms with Gasteiger partial charge in [-0.15, -0.1) is 10.2 Å². The Morgan fingerprint density at radius 3 is 2.83 bits per heavy atom. The SMILES string of the molecule is CC1CCCN(S(=O)(=O)c2cc(C(=O)NCc3nncn3C3CC3)ccc2Cl)C1. The molecule has 1 N–H and O–H groups in total. The first-order chi connectivity index (χ1) is 13.9. The molecular weight excluding hydrogens is 414 g/mol. The number of benzene rings is 1. The molecule has 2 fully saturated rings. The molecule has 1 unspecified atom stereocenters. The van der Waals surface area contributed by atoms with Gasteiger partial charge in [-0.05, 0) is 49.8 Å². The number of hydrogen-bond acceptors (Lipinski definition) is 5. The van der Waals surface area contributed by atoms with Gasteiger partial charge < -0.3 is 9.88 Å². The summed E-state index contributed by atoms with van der Waals surface area (Å²) in [6.45, 7) is 3.19. The van der Waals surface area contributed by atoms with E-state index < -0.39 is 10.0 Å². The topological polar surface area (TPSA) is 97.2 Å². The largest absolute Gasteiger partial charge is 0.345 e. The zero-order chi connectivity index (χ0) is 20.6. The van der Waals surface area contributed by atoms with E-state index in [9.17, 15) is 13.2 Å². The van der Waals surface area contributed by atoms with Gasteiger partial charge in [0.05, 0.1) is 11.6 Å². The van der Waals surface area contributed by atoms with E-state index in [1.54, 1.807) is 6.33 Å². The van der Waals surface area contributed by atoms with Crippen molar-refractivity contribution >= 4 is 27.5 Å². The first-order valence-corrected chi connectivity index (χ1v) is 11.6. The number of piperidine rings is 1. The monoisotopic (exact) mass is 437 g/mol. The van der Waals surface area contributed by atoms with Crippen LogP contribution in [-0.4, -0.2) is 46.5 Å². The van der Waals surface area contributed by atoms with Crippen molar-refractivity contribution in [3.8, 4) is 0 Å². The molecule has 4 rings (SSSR count). The normalized spacial score (nSPS) is 20.6. The van der Waals surface area contributed by atoms with E-state index in [4.69, 9.17) is 11.6 Å². The van der Waals surface area contributed by atoms with Crippen LogP contribution in [0.3, 0.4) is 0 Å². The molecule has 1 aliphatic carbocycles. The molecule has 29 heavy (non-hydrogen) atoms. The predicted octanol–water partition coefficient (Wildman–Crippen LogP) is 2.62. The van der Waals surface area contributed by atoms with Gasteiger partial charge in [0.15, 0.2) is 5.82 Å². The molecule has 1 saturated carbocycles. The average molecular weight is 438 g/mol. The zero-order valence-electron chi connectivity index (χ0n) is 16.2. The van der Waals surface area contributed by atoms with Crippen molar-refractivity contribution < 1.29 is 13.2 Å². The van der Waals surface area contributed by atoms with Gasteiger partial charge in [0.1, 0.15) is 11.2 Å². The minimum atomic E-state index is -3.75. The lowest BCUT2D eigenvalue weighted by atomic mass is 10.0. The number of rotatable bonds is 6. The molecule has 2 aromatic rings. The van der Waals surface area contributed by atoms with Gasteiger partial charge in [0, 0.05) is 24.7 Å². The predicted molar refractivity (Wildman–Crippen MR) is 108 cm³/mol. The van der Waals surface area contributed by atoms with Crippen molar-refractivity contribution in [2.45, 2.75) is 50.1 Å². The van der Waals surface area contributed by atoms with Crippen LogP contribution in [0.15, 0.2) is 29.4 Å². The van der Waals surface area contributed by atoms with Gasteiger partial charge in [-0.1, -0.05) is 18.5 Å². The highest BCUT2D eigenvalue weighted by Gasteiger charge is 2.31. The fourth-order valence-electron chi connectivity index (χ4n) is 3.66. The molecule has 10 heteroatoms. The number of aromatic nitrogens is 3. The number of nitrogens with zero attached hydrogens (tertiary/aromatic N) is 4. The lowest BCUT2D eigenvalue weighted by molar-refractivity contribution is 0.0949. The van der Waals surface area contributed by atoms with Gasteiger partial charge in [0.25, 0.3) is 5.91 Å². The molecule has 2 aliphatic rings. The number of halogens is 1. The number of nitrogens with one attached hydrogen (secondary N) is 1. The maximum Gasteiger partial charge on any atom is 0.251 e. The molecule has 2 heterocycles. The Bertz CT molecular complexity index is 1020. The van der Waals surface area contributed by atoms with Crippen LogP contribution in [0.2, 0.25) is 5.02 Å². The second kappa shape index (κ2) is 8.04. The summed E-state index contributed by atoms with van der Waals surface area (Å²) in [7, 11) is -3.75. The Hall–Kier alpha value is -1.97. The van der Waals surface area contributed by atoms with E-state index in [0.29, 0.717) is 30.9 Å². The van der Waals surface area contributed by atoms with E-state index in [0.717, 1.165) is 25.7 Å². The summed E-state index contributed by atoms with van der Waals surface area (Å²) in [6, 6.07) is 4.76. The molecule has 1 amide bonds. The first kappa shape index (κ1) is 20.3. The van der Waals surface area contributed by atoms with Crippen molar-refractivity contribution in [1.82, 2.24) is 24.4 Å². The van der Waals surface area contributed by atoms with E-state index >= 15 is 0 Å². The molecule has 1 saturated heterocycles. The summed E-state index contributed by atoms with van der Waals surface area (Å²) in [4.78, 5) is 12.6. The van der Waals surface area contributed by atoms with Crippen LogP contribution >= 0.6 is 11.6 Å². The molecule has 1 aliphatic heterocycles. The zero-order valence-corrected chi connectivity index (χ0v) is 17.8. The lowest BCUT2D eigenvalue weighted by Gasteiger charge is -2.30. The van der Waals surface area contributed by atoms with Crippen LogP contribution in [-0.2, 0) is 16.6 Å². The van der Waals surface area contributed by atoms with E-state index in [-0.39, 0.29) is 27.9 Å². The summed E-state index contributed by atoms with van der Waals surface area (Å²) in [5, 5.41) is 10.9. The van der Waals surface area contributed by atoms with Crippen molar-refractivity contribution in [3.63, 3.8) is 0 Å². The fourth-order valence-corrected chi connectivity index (χ4v) is 5.76. The first-order valence-electron chi connectivity index (χ1n) is 9.82. The van der Waals surface area contributed by atoms with Crippen LogP contribution < -0.4 is 5.32 Å². The highest BCUT2D eigenvalue weighted by atomic mass is 35.5. The maximum absolute atomic E-state index is 13.1. The van der Waals surface area contributed by atoms with E-state index in [2.05, 4.69) is 15.5 Å². The minimum absolute atomic E-state index is 0.0259. The molecule has 1 atom stereocenters. The van der Waals surface area contributed by atoms with Crippen LogP contribution in [0.4, 0.5) is 0 Å². The number of hydrogen-bond donors (Lipinski definition) is 1. The van der Waals surface area contributed by atoms with E-state index in [1.165, 1.54) is 22.5 Å². The van der Waals surface area contributed by atoms with Gasteiger partial charge in [0.2, 0.25) is 10.0 Å². The number of sulfonamides is 1. The summed E-state index contributed by atoms with van der Waals surface area (Å²) in [6.07, 6.45) is 5.68. The molecular formula is C19H24ClN5O3S. The highest BCUT2D eigenvalue weighted by Crippen LogP contribution is 2.35. The summed E-state index contributed by atoms with van der Waals surface area (Å²) in [5.41, 5.74) is 0.246. The number of carbonyl (C=O) groups is 1. The fraction of sp³-hybridized carbons (Fsp3) is 0.526. The Kier molecular flexibility index (Phi) is 5.63. The maximum atomic E-state index is 13.1. The molecule has 8 nitrogen and oxygen atoms in total. The molecule has 0 bridgehead atoms. The highest BCUT2D eigenvalue weighted by molar-refractivity contribution is 7.89. The van der Waals surface area contributed by atoms with Crippen LogP contribution in [0.5, 0.6) is 0 Å². The van der Waals surface area contributed by atoms with Crippen LogP contribution in [0, 0.1) is 5.92 Å². The summed E-state index contributed by atoms with van der Waals surface area (Å²) >= 11 is 6.20. The third-order valence-electron chi connectivity index (χ3n) is 5.43. The second-order valence-electron chi connectivity index (χ2n) is 7.82. The molecule has 0 radical (unpaired) electrons. The molecule has 0 spiro atoms. The Morgan fingerprint density at radius 2 is 2.10 bits per heavy atom. The molecule has 1 aromatic carbocycles. The second-order valence-corrected chi connectivity index (χ2v) is 10.1. The third-order valence-corrected chi connectivity index (χ3v) is 7.77. The van der Waals surface area contributed by atoms with Crippen LogP contribution in [0.25, 0.3) is 0 Å². The third kappa shape index (κ3) is 4.31.